The van der Waals surface area contributed by atoms with Crippen molar-refractivity contribution in [1.29, 1.82) is 0 Å². The summed E-state index contributed by atoms with van der Waals surface area (Å²) in [6, 6.07) is 0. The second-order valence-corrected chi connectivity index (χ2v) is 6.23. The molecule has 2 unspecified atom stereocenters. The third kappa shape index (κ3) is 2.54. The lowest BCUT2D eigenvalue weighted by atomic mass is 10.0. The Kier molecular flexibility index (Phi) is 3.57. The van der Waals surface area contributed by atoms with E-state index in [9.17, 15) is 4.79 Å². The van der Waals surface area contributed by atoms with Gasteiger partial charge in [0.05, 0.1) is 0 Å². The van der Waals surface area contributed by atoms with Crippen LogP contribution in [0, 0.1) is 17.8 Å². The number of nitrogens with two attached hydrogens (primary N) is 1. The first-order valence-corrected chi connectivity index (χ1v) is 7.49. The van der Waals surface area contributed by atoms with Crippen LogP contribution < -0.4 is 5.73 Å². The number of piperazine rings is 1. The fourth-order valence-corrected chi connectivity index (χ4v) is 3.68. The number of amides is 1. The summed E-state index contributed by atoms with van der Waals surface area (Å²) in [6.07, 6.45) is 4.82. The smallest absolute Gasteiger partial charge is 0.225 e. The van der Waals surface area contributed by atoms with E-state index >= 15 is 0 Å². The molecule has 1 amide bonds. The lowest BCUT2D eigenvalue weighted by molar-refractivity contribution is -0.137. The van der Waals surface area contributed by atoms with Crippen molar-refractivity contribution < 1.29 is 4.79 Å². The van der Waals surface area contributed by atoms with Crippen molar-refractivity contribution in [3.05, 3.63) is 0 Å². The zero-order valence-electron chi connectivity index (χ0n) is 11.2. The molecule has 4 nitrogen and oxygen atoms in total. The van der Waals surface area contributed by atoms with E-state index < -0.39 is 0 Å². The molecule has 3 aliphatic rings. The molecule has 1 saturated heterocycles. The number of rotatable bonds is 4. The maximum Gasteiger partial charge on any atom is 0.225 e. The van der Waals surface area contributed by atoms with Crippen LogP contribution in [0.2, 0.25) is 0 Å². The average Bonchev–Trinajstić information content (AvgIpc) is 3.03. The Labute approximate surface area is 109 Å². The first-order chi connectivity index (χ1) is 8.78. The molecule has 4 heteroatoms. The lowest BCUT2D eigenvalue weighted by Gasteiger charge is -2.36. The van der Waals surface area contributed by atoms with Crippen LogP contribution in [-0.4, -0.2) is 55.0 Å². The van der Waals surface area contributed by atoms with Crippen molar-refractivity contribution in [2.24, 2.45) is 23.5 Å². The normalized spacial score (nSPS) is 35.6. The molecule has 102 valence electrons. The molecule has 0 spiro atoms. The third-order valence-electron chi connectivity index (χ3n) is 4.96. The molecule has 18 heavy (non-hydrogen) atoms. The third-order valence-corrected chi connectivity index (χ3v) is 4.96. The molecule has 2 atom stereocenters. The van der Waals surface area contributed by atoms with Gasteiger partial charge in [0.15, 0.2) is 0 Å². The summed E-state index contributed by atoms with van der Waals surface area (Å²) < 4.78 is 0. The zero-order valence-corrected chi connectivity index (χ0v) is 11.2. The van der Waals surface area contributed by atoms with Gasteiger partial charge in [-0.2, -0.15) is 0 Å². The number of hydrogen-bond acceptors (Lipinski definition) is 3. The maximum absolute atomic E-state index is 12.4. The topological polar surface area (TPSA) is 49.6 Å². The number of carbonyl (C=O) groups is 1. The molecule has 2 N–H and O–H groups in total. The Bertz CT molecular complexity index is 302. The van der Waals surface area contributed by atoms with Crippen LogP contribution in [-0.2, 0) is 4.79 Å². The molecule has 3 rings (SSSR count). The van der Waals surface area contributed by atoms with E-state index in [1.807, 2.05) is 0 Å². The van der Waals surface area contributed by atoms with E-state index in [1.54, 1.807) is 0 Å². The standard InChI is InChI=1S/C14H25N3O/c15-2-1-3-16-4-6-17(7-5-16)14(18)13-9-11-8-12(11)10-13/h11-13H,1-10,15H2. The number of hydrogen-bond donors (Lipinski definition) is 1. The highest BCUT2D eigenvalue weighted by Crippen LogP contribution is 2.54. The molecule has 0 radical (unpaired) electrons. The molecule has 0 bridgehead atoms. The number of fused-ring (bicyclic) bond motifs is 1. The SMILES string of the molecule is NCCCN1CCN(C(=O)C2CC3CC3C2)CC1. The molecule has 2 aliphatic carbocycles. The van der Waals surface area contributed by atoms with Crippen molar-refractivity contribution in [3.8, 4) is 0 Å². The molecule has 3 fully saturated rings. The van der Waals surface area contributed by atoms with Crippen molar-refractivity contribution in [3.63, 3.8) is 0 Å². The van der Waals surface area contributed by atoms with Crippen LogP contribution in [0.3, 0.4) is 0 Å². The Hall–Kier alpha value is -0.610. The molecular weight excluding hydrogens is 226 g/mol. The van der Waals surface area contributed by atoms with E-state index in [1.165, 1.54) is 19.3 Å². The highest BCUT2D eigenvalue weighted by molar-refractivity contribution is 5.79. The minimum absolute atomic E-state index is 0.365. The minimum atomic E-state index is 0.365. The highest BCUT2D eigenvalue weighted by atomic mass is 16.2. The van der Waals surface area contributed by atoms with Crippen LogP contribution in [0.5, 0.6) is 0 Å². The first-order valence-electron chi connectivity index (χ1n) is 7.49. The van der Waals surface area contributed by atoms with Gasteiger partial charge < -0.3 is 10.6 Å². The lowest BCUT2D eigenvalue weighted by Crippen LogP contribution is -2.50. The van der Waals surface area contributed by atoms with Gasteiger partial charge in [-0.3, -0.25) is 9.69 Å². The van der Waals surface area contributed by atoms with Gasteiger partial charge in [0.2, 0.25) is 5.91 Å². The Morgan fingerprint density at radius 3 is 2.33 bits per heavy atom. The van der Waals surface area contributed by atoms with Crippen molar-refractivity contribution in [1.82, 2.24) is 9.80 Å². The van der Waals surface area contributed by atoms with Gasteiger partial charge in [0.25, 0.3) is 0 Å². The van der Waals surface area contributed by atoms with E-state index in [0.717, 1.165) is 57.5 Å². The molecule has 1 aliphatic heterocycles. The van der Waals surface area contributed by atoms with Crippen molar-refractivity contribution in [2.75, 3.05) is 39.3 Å². The summed E-state index contributed by atoms with van der Waals surface area (Å²) in [7, 11) is 0. The summed E-state index contributed by atoms with van der Waals surface area (Å²) in [6.45, 7) is 5.78. The Morgan fingerprint density at radius 2 is 1.72 bits per heavy atom. The monoisotopic (exact) mass is 251 g/mol. The first kappa shape index (κ1) is 12.4. The molecule has 0 aromatic rings. The zero-order chi connectivity index (χ0) is 12.5. The van der Waals surface area contributed by atoms with Gasteiger partial charge in [-0.05, 0) is 50.6 Å². The van der Waals surface area contributed by atoms with E-state index in [2.05, 4.69) is 9.80 Å². The number of carbonyl (C=O) groups excluding carboxylic acids is 1. The molecule has 0 aromatic carbocycles. The number of nitrogens with zero attached hydrogens (tertiary/aromatic N) is 2. The largest absolute Gasteiger partial charge is 0.340 e. The van der Waals surface area contributed by atoms with Gasteiger partial charge >= 0.3 is 0 Å². The van der Waals surface area contributed by atoms with E-state index in [0.29, 0.717) is 11.8 Å². The van der Waals surface area contributed by atoms with Gasteiger partial charge in [-0.25, -0.2) is 0 Å². The van der Waals surface area contributed by atoms with Gasteiger partial charge in [-0.15, -0.1) is 0 Å². The van der Waals surface area contributed by atoms with Crippen LogP contribution in [0.1, 0.15) is 25.7 Å². The van der Waals surface area contributed by atoms with E-state index in [4.69, 9.17) is 5.73 Å². The molecular formula is C14H25N3O. The van der Waals surface area contributed by atoms with Crippen molar-refractivity contribution >= 4 is 5.91 Å². The predicted molar refractivity (Wildman–Crippen MR) is 71.0 cm³/mol. The summed E-state index contributed by atoms with van der Waals surface area (Å²) >= 11 is 0. The maximum atomic E-state index is 12.4. The average molecular weight is 251 g/mol. The minimum Gasteiger partial charge on any atom is -0.340 e. The van der Waals surface area contributed by atoms with Gasteiger partial charge in [0, 0.05) is 32.1 Å². The fourth-order valence-electron chi connectivity index (χ4n) is 3.68. The Morgan fingerprint density at radius 1 is 1.06 bits per heavy atom. The van der Waals surface area contributed by atoms with Crippen LogP contribution in [0.25, 0.3) is 0 Å². The van der Waals surface area contributed by atoms with Crippen LogP contribution in [0.15, 0.2) is 0 Å². The molecule has 2 saturated carbocycles. The van der Waals surface area contributed by atoms with Gasteiger partial charge in [-0.1, -0.05) is 0 Å². The summed E-state index contributed by atoms with van der Waals surface area (Å²) in [4.78, 5) is 16.9. The quantitative estimate of drug-likeness (QED) is 0.793. The van der Waals surface area contributed by atoms with Crippen LogP contribution in [0.4, 0.5) is 0 Å². The predicted octanol–water partition coefficient (Wildman–Crippen LogP) is 0.525. The molecule has 0 aromatic heterocycles. The summed E-state index contributed by atoms with van der Waals surface area (Å²) in [5.74, 6) is 2.62. The summed E-state index contributed by atoms with van der Waals surface area (Å²) in [5, 5.41) is 0. The van der Waals surface area contributed by atoms with Gasteiger partial charge in [0.1, 0.15) is 0 Å². The van der Waals surface area contributed by atoms with Crippen LogP contribution >= 0.6 is 0 Å². The second-order valence-electron chi connectivity index (χ2n) is 6.23. The highest BCUT2D eigenvalue weighted by Gasteiger charge is 2.48. The van der Waals surface area contributed by atoms with E-state index in [-0.39, 0.29) is 0 Å². The van der Waals surface area contributed by atoms with Crippen molar-refractivity contribution in [2.45, 2.75) is 25.7 Å². The molecule has 1 heterocycles. The summed E-state index contributed by atoms with van der Waals surface area (Å²) in [5.41, 5.74) is 5.53. The second kappa shape index (κ2) is 5.17. The Balaban J connectivity index is 1.43. The fraction of sp³-hybridized carbons (Fsp3) is 0.929.